The van der Waals surface area contributed by atoms with Crippen molar-refractivity contribution in [2.45, 2.75) is 19.4 Å². The average molecular weight is 271 g/mol. The van der Waals surface area contributed by atoms with E-state index >= 15 is 0 Å². The normalized spacial score (nSPS) is 12.2. The zero-order valence-corrected chi connectivity index (χ0v) is 10.6. The molecule has 82 valence electrons. The molecule has 1 unspecified atom stereocenters. The molecule has 0 N–H and O–H groups in total. The van der Waals surface area contributed by atoms with E-state index in [1.54, 1.807) is 17.3 Å². The third-order valence-electron chi connectivity index (χ3n) is 2.47. The van der Waals surface area contributed by atoms with E-state index in [-0.39, 0.29) is 11.9 Å². The Balaban J connectivity index is 2.68. The van der Waals surface area contributed by atoms with Crippen molar-refractivity contribution in [2.75, 3.05) is 12.4 Å². The van der Waals surface area contributed by atoms with Crippen LogP contribution in [0.4, 0.5) is 0 Å². The maximum Gasteiger partial charge on any atom is 0.223 e. The third kappa shape index (κ3) is 3.30. The highest BCUT2D eigenvalue weighted by Gasteiger charge is 2.16. The highest BCUT2D eigenvalue weighted by Crippen LogP contribution is 2.18. The molecular weight excluding hydrogens is 256 g/mol. The Labute approximate surface area is 98.6 Å². The number of carbonyl (C=O) groups is 1. The highest BCUT2D eigenvalue weighted by atomic mass is 79.9. The van der Waals surface area contributed by atoms with Crippen molar-refractivity contribution >= 4 is 21.8 Å². The molecule has 3 nitrogen and oxygen atoms in total. The minimum absolute atomic E-state index is 0.0968. The SMILES string of the molecule is CC(c1ccncc1)N(C)C(=O)CCBr. The quantitative estimate of drug-likeness (QED) is 0.788. The van der Waals surface area contributed by atoms with Gasteiger partial charge in [-0.15, -0.1) is 0 Å². The lowest BCUT2D eigenvalue weighted by Crippen LogP contribution is -2.29. The molecule has 0 spiro atoms. The predicted molar refractivity (Wildman–Crippen MR) is 63.8 cm³/mol. The molecule has 4 heteroatoms. The van der Waals surface area contributed by atoms with Crippen LogP contribution in [0, 0.1) is 0 Å². The molecule has 1 amide bonds. The van der Waals surface area contributed by atoms with Crippen molar-refractivity contribution in [3.8, 4) is 0 Å². The monoisotopic (exact) mass is 270 g/mol. The number of pyridine rings is 1. The van der Waals surface area contributed by atoms with Gasteiger partial charge >= 0.3 is 0 Å². The summed E-state index contributed by atoms with van der Waals surface area (Å²) >= 11 is 3.27. The largest absolute Gasteiger partial charge is 0.339 e. The van der Waals surface area contributed by atoms with Gasteiger partial charge in [0.1, 0.15) is 0 Å². The molecule has 0 radical (unpaired) electrons. The Morgan fingerprint density at radius 2 is 2.13 bits per heavy atom. The lowest BCUT2D eigenvalue weighted by atomic mass is 10.1. The fourth-order valence-electron chi connectivity index (χ4n) is 1.34. The number of rotatable bonds is 4. The van der Waals surface area contributed by atoms with Crippen LogP contribution in [0.5, 0.6) is 0 Å². The fraction of sp³-hybridized carbons (Fsp3) is 0.455. The van der Waals surface area contributed by atoms with Gasteiger partial charge in [-0.3, -0.25) is 9.78 Å². The Morgan fingerprint density at radius 3 is 2.67 bits per heavy atom. The Kier molecular flexibility index (Phi) is 4.75. The van der Waals surface area contributed by atoms with Crippen molar-refractivity contribution in [3.63, 3.8) is 0 Å². The number of hydrogen-bond acceptors (Lipinski definition) is 2. The number of hydrogen-bond donors (Lipinski definition) is 0. The van der Waals surface area contributed by atoms with Gasteiger partial charge in [-0.1, -0.05) is 15.9 Å². The van der Waals surface area contributed by atoms with Gasteiger partial charge in [0.15, 0.2) is 0 Å². The fourth-order valence-corrected chi connectivity index (χ4v) is 1.68. The summed E-state index contributed by atoms with van der Waals surface area (Å²) in [5, 5.41) is 0.708. The molecule has 0 aliphatic carbocycles. The molecule has 15 heavy (non-hydrogen) atoms. The van der Waals surface area contributed by atoms with Crippen molar-refractivity contribution in [1.82, 2.24) is 9.88 Å². The summed E-state index contributed by atoms with van der Waals surface area (Å²) in [5.74, 6) is 0.149. The lowest BCUT2D eigenvalue weighted by molar-refractivity contribution is -0.131. The first-order valence-electron chi connectivity index (χ1n) is 4.88. The van der Waals surface area contributed by atoms with E-state index in [1.165, 1.54) is 0 Å². The van der Waals surface area contributed by atoms with Gasteiger partial charge in [-0.2, -0.15) is 0 Å². The number of carbonyl (C=O) groups excluding carboxylic acids is 1. The van der Waals surface area contributed by atoms with Crippen molar-refractivity contribution in [2.24, 2.45) is 0 Å². The molecule has 0 aliphatic heterocycles. The highest BCUT2D eigenvalue weighted by molar-refractivity contribution is 9.09. The Morgan fingerprint density at radius 1 is 1.53 bits per heavy atom. The van der Waals surface area contributed by atoms with Crippen molar-refractivity contribution < 1.29 is 4.79 Å². The van der Waals surface area contributed by atoms with Gasteiger partial charge in [-0.05, 0) is 24.6 Å². The first-order valence-corrected chi connectivity index (χ1v) is 6.00. The summed E-state index contributed by atoms with van der Waals surface area (Å²) in [6.07, 6.45) is 4.02. The van der Waals surface area contributed by atoms with Gasteiger partial charge in [0.2, 0.25) is 5.91 Å². The molecule has 0 fully saturated rings. The summed E-state index contributed by atoms with van der Waals surface area (Å²) in [4.78, 5) is 17.4. The molecule has 0 bridgehead atoms. The minimum Gasteiger partial charge on any atom is -0.339 e. The van der Waals surface area contributed by atoms with Crippen LogP contribution >= 0.6 is 15.9 Å². The molecule has 1 atom stereocenters. The van der Waals surface area contributed by atoms with Crippen LogP contribution < -0.4 is 0 Å². The predicted octanol–water partition coefficient (Wildman–Crippen LogP) is 2.39. The van der Waals surface area contributed by atoms with E-state index in [2.05, 4.69) is 20.9 Å². The molecule has 0 saturated carbocycles. The van der Waals surface area contributed by atoms with Gasteiger partial charge in [0.25, 0.3) is 0 Å². The van der Waals surface area contributed by atoms with Crippen LogP contribution in [0.25, 0.3) is 0 Å². The lowest BCUT2D eigenvalue weighted by Gasteiger charge is -2.25. The first-order chi connectivity index (χ1) is 7.16. The van der Waals surface area contributed by atoms with E-state index in [0.717, 1.165) is 5.56 Å². The maximum atomic E-state index is 11.6. The topological polar surface area (TPSA) is 33.2 Å². The maximum absolute atomic E-state index is 11.6. The van der Waals surface area contributed by atoms with Gasteiger partial charge in [0.05, 0.1) is 6.04 Å². The minimum atomic E-state index is 0.0968. The summed E-state index contributed by atoms with van der Waals surface area (Å²) in [7, 11) is 1.83. The molecule has 0 saturated heterocycles. The van der Waals surface area contributed by atoms with E-state index in [0.29, 0.717) is 11.8 Å². The van der Waals surface area contributed by atoms with Crippen LogP contribution in [0.1, 0.15) is 24.9 Å². The number of amides is 1. The van der Waals surface area contributed by atoms with Crippen molar-refractivity contribution in [1.29, 1.82) is 0 Å². The molecule has 1 rings (SSSR count). The van der Waals surface area contributed by atoms with Crippen LogP contribution in [0.3, 0.4) is 0 Å². The zero-order chi connectivity index (χ0) is 11.3. The molecule has 1 heterocycles. The molecule has 1 aromatic rings. The van der Waals surface area contributed by atoms with E-state index in [4.69, 9.17) is 0 Å². The van der Waals surface area contributed by atoms with Crippen LogP contribution in [0.15, 0.2) is 24.5 Å². The van der Waals surface area contributed by atoms with Gasteiger partial charge in [0, 0.05) is 31.2 Å². The summed E-state index contributed by atoms with van der Waals surface area (Å²) < 4.78 is 0. The first kappa shape index (κ1) is 12.2. The van der Waals surface area contributed by atoms with E-state index in [1.807, 2.05) is 26.1 Å². The Bertz CT molecular complexity index is 316. The Hall–Kier alpha value is -0.900. The number of halogens is 1. The molecular formula is C11H15BrN2O. The third-order valence-corrected chi connectivity index (χ3v) is 2.87. The second-order valence-electron chi connectivity index (χ2n) is 3.40. The van der Waals surface area contributed by atoms with Gasteiger partial charge in [-0.25, -0.2) is 0 Å². The smallest absolute Gasteiger partial charge is 0.223 e. The zero-order valence-electron chi connectivity index (χ0n) is 8.98. The van der Waals surface area contributed by atoms with E-state index in [9.17, 15) is 4.79 Å². The summed E-state index contributed by atoms with van der Waals surface area (Å²) in [6.45, 7) is 2.02. The van der Waals surface area contributed by atoms with Gasteiger partial charge < -0.3 is 4.90 Å². The number of alkyl halides is 1. The van der Waals surface area contributed by atoms with E-state index < -0.39 is 0 Å². The van der Waals surface area contributed by atoms with Crippen LogP contribution in [-0.4, -0.2) is 28.2 Å². The molecule has 1 aromatic heterocycles. The summed E-state index contributed by atoms with van der Waals surface area (Å²) in [5.41, 5.74) is 1.11. The molecule has 0 aliphatic rings. The number of nitrogens with zero attached hydrogens (tertiary/aromatic N) is 2. The van der Waals surface area contributed by atoms with Crippen LogP contribution in [-0.2, 0) is 4.79 Å². The van der Waals surface area contributed by atoms with Crippen molar-refractivity contribution in [3.05, 3.63) is 30.1 Å². The molecule has 0 aromatic carbocycles. The second kappa shape index (κ2) is 5.85. The average Bonchev–Trinajstić information content (AvgIpc) is 2.28. The standard InChI is InChI=1S/C11H15BrN2O/c1-9(10-4-7-13-8-5-10)14(2)11(15)3-6-12/h4-5,7-9H,3,6H2,1-2H3. The van der Waals surface area contributed by atoms with Crippen LogP contribution in [0.2, 0.25) is 0 Å². The number of aromatic nitrogens is 1. The summed E-state index contributed by atoms with van der Waals surface area (Å²) in [6, 6.07) is 3.96. The second-order valence-corrected chi connectivity index (χ2v) is 4.19.